The molecule has 2 aromatic rings. The van der Waals surface area contributed by atoms with E-state index >= 15 is 0 Å². The third kappa shape index (κ3) is 4.10. The molecule has 0 radical (unpaired) electrons. The quantitative estimate of drug-likeness (QED) is 0.859. The zero-order chi connectivity index (χ0) is 14.5. The number of halogens is 1. The molecular formula is C16H17BrN2O. The summed E-state index contributed by atoms with van der Waals surface area (Å²) in [7, 11) is 0. The van der Waals surface area contributed by atoms with Crippen LogP contribution >= 0.6 is 15.9 Å². The number of anilines is 1. The van der Waals surface area contributed by atoms with Crippen molar-refractivity contribution >= 4 is 27.6 Å². The predicted octanol–water partition coefficient (Wildman–Crippen LogP) is 4.39. The number of benzene rings is 2. The summed E-state index contributed by atoms with van der Waals surface area (Å²) in [5, 5.41) is 5.70. The summed E-state index contributed by atoms with van der Waals surface area (Å²) in [6.07, 6.45) is 0. The SMILES string of the molecule is Cc1ccc(NC(=O)NCc2ccc(Br)cc2)c(C)c1. The van der Waals surface area contributed by atoms with Gasteiger partial charge in [0.25, 0.3) is 0 Å². The Kier molecular flexibility index (Phi) is 4.79. The highest BCUT2D eigenvalue weighted by atomic mass is 79.9. The van der Waals surface area contributed by atoms with Crippen molar-refractivity contribution in [2.24, 2.45) is 0 Å². The summed E-state index contributed by atoms with van der Waals surface area (Å²) < 4.78 is 1.03. The second-order valence-corrected chi connectivity index (χ2v) is 5.67. The third-order valence-electron chi connectivity index (χ3n) is 3.00. The lowest BCUT2D eigenvalue weighted by molar-refractivity contribution is 0.251. The summed E-state index contributed by atoms with van der Waals surface area (Å²) >= 11 is 3.38. The molecule has 0 aliphatic heterocycles. The van der Waals surface area contributed by atoms with E-state index in [1.54, 1.807) is 0 Å². The summed E-state index contributed by atoms with van der Waals surface area (Å²) in [4.78, 5) is 11.9. The fourth-order valence-corrected chi connectivity index (χ4v) is 2.17. The van der Waals surface area contributed by atoms with Crippen LogP contribution in [0, 0.1) is 13.8 Å². The van der Waals surface area contributed by atoms with Gasteiger partial charge in [-0.2, -0.15) is 0 Å². The van der Waals surface area contributed by atoms with Gasteiger partial charge in [0.05, 0.1) is 0 Å². The second-order valence-electron chi connectivity index (χ2n) is 4.75. The molecule has 0 fully saturated rings. The Morgan fingerprint density at radius 3 is 2.45 bits per heavy atom. The van der Waals surface area contributed by atoms with Crippen molar-refractivity contribution < 1.29 is 4.79 Å². The Bertz CT molecular complexity index is 608. The Labute approximate surface area is 127 Å². The van der Waals surface area contributed by atoms with E-state index in [9.17, 15) is 4.79 Å². The second kappa shape index (κ2) is 6.57. The molecule has 0 saturated carbocycles. The molecule has 104 valence electrons. The third-order valence-corrected chi connectivity index (χ3v) is 3.53. The van der Waals surface area contributed by atoms with Crippen LogP contribution in [0.1, 0.15) is 16.7 Å². The predicted molar refractivity (Wildman–Crippen MR) is 85.9 cm³/mol. The molecule has 3 nitrogen and oxygen atoms in total. The monoisotopic (exact) mass is 332 g/mol. The molecule has 0 aliphatic rings. The van der Waals surface area contributed by atoms with E-state index in [1.807, 2.05) is 56.3 Å². The van der Waals surface area contributed by atoms with Gasteiger partial charge in [0.2, 0.25) is 0 Å². The first-order valence-corrected chi connectivity index (χ1v) is 7.20. The highest BCUT2D eigenvalue weighted by Crippen LogP contribution is 2.16. The van der Waals surface area contributed by atoms with E-state index < -0.39 is 0 Å². The molecule has 0 spiro atoms. The van der Waals surface area contributed by atoms with Gasteiger partial charge in [0.1, 0.15) is 0 Å². The number of amides is 2. The Morgan fingerprint density at radius 2 is 1.80 bits per heavy atom. The zero-order valence-electron chi connectivity index (χ0n) is 11.5. The fourth-order valence-electron chi connectivity index (χ4n) is 1.90. The average Bonchev–Trinajstić information content (AvgIpc) is 2.41. The van der Waals surface area contributed by atoms with Crippen LogP contribution in [-0.4, -0.2) is 6.03 Å². The van der Waals surface area contributed by atoms with Crippen molar-refractivity contribution in [3.8, 4) is 0 Å². The first kappa shape index (κ1) is 14.6. The lowest BCUT2D eigenvalue weighted by Crippen LogP contribution is -2.28. The van der Waals surface area contributed by atoms with Crippen molar-refractivity contribution in [1.82, 2.24) is 5.32 Å². The number of aryl methyl sites for hydroxylation is 2. The van der Waals surface area contributed by atoms with Crippen LogP contribution in [0.5, 0.6) is 0 Å². The van der Waals surface area contributed by atoms with Gasteiger partial charge in [-0.15, -0.1) is 0 Å². The van der Waals surface area contributed by atoms with Gasteiger partial charge < -0.3 is 10.6 Å². The molecule has 0 aromatic heterocycles. The van der Waals surface area contributed by atoms with Crippen LogP contribution in [-0.2, 0) is 6.54 Å². The highest BCUT2D eigenvalue weighted by molar-refractivity contribution is 9.10. The molecule has 0 heterocycles. The van der Waals surface area contributed by atoms with Gasteiger partial charge in [-0.05, 0) is 43.2 Å². The summed E-state index contributed by atoms with van der Waals surface area (Å²) in [5.74, 6) is 0. The molecule has 0 saturated heterocycles. The number of hydrogen-bond acceptors (Lipinski definition) is 1. The Morgan fingerprint density at radius 1 is 1.10 bits per heavy atom. The lowest BCUT2D eigenvalue weighted by Gasteiger charge is -2.10. The standard InChI is InChI=1S/C16H17BrN2O/c1-11-3-8-15(12(2)9-11)19-16(20)18-10-13-4-6-14(17)7-5-13/h3-9H,10H2,1-2H3,(H2,18,19,20). The van der Waals surface area contributed by atoms with Crippen LogP contribution in [0.2, 0.25) is 0 Å². The first-order valence-electron chi connectivity index (χ1n) is 6.41. The first-order chi connectivity index (χ1) is 9.54. The van der Waals surface area contributed by atoms with Gasteiger partial charge in [-0.3, -0.25) is 0 Å². The summed E-state index contributed by atoms with van der Waals surface area (Å²) in [5.41, 5.74) is 4.14. The van der Waals surface area contributed by atoms with E-state index in [0.717, 1.165) is 21.3 Å². The van der Waals surface area contributed by atoms with E-state index in [2.05, 4.69) is 26.6 Å². The molecule has 2 aromatic carbocycles. The minimum atomic E-state index is -0.195. The van der Waals surface area contributed by atoms with Crippen LogP contribution < -0.4 is 10.6 Å². The molecule has 0 atom stereocenters. The molecule has 2 rings (SSSR count). The minimum absolute atomic E-state index is 0.195. The Balaban J connectivity index is 1.90. The van der Waals surface area contributed by atoms with Crippen molar-refractivity contribution in [3.63, 3.8) is 0 Å². The molecule has 0 aliphatic carbocycles. The average molecular weight is 333 g/mol. The number of nitrogens with one attached hydrogen (secondary N) is 2. The van der Waals surface area contributed by atoms with E-state index in [4.69, 9.17) is 0 Å². The van der Waals surface area contributed by atoms with Crippen LogP contribution in [0.25, 0.3) is 0 Å². The van der Waals surface area contributed by atoms with Crippen molar-refractivity contribution in [1.29, 1.82) is 0 Å². The van der Waals surface area contributed by atoms with Gasteiger partial charge in [-0.25, -0.2) is 4.79 Å². The normalized spacial score (nSPS) is 10.2. The number of carbonyl (C=O) groups is 1. The number of urea groups is 1. The van der Waals surface area contributed by atoms with Crippen molar-refractivity contribution in [2.75, 3.05) is 5.32 Å². The van der Waals surface area contributed by atoms with Gasteiger partial charge >= 0.3 is 6.03 Å². The Hall–Kier alpha value is -1.81. The number of hydrogen-bond donors (Lipinski definition) is 2. The fraction of sp³-hybridized carbons (Fsp3) is 0.188. The zero-order valence-corrected chi connectivity index (χ0v) is 13.1. The van der Waals surface area contributed by atoms with E-state index in [0.29, 0.717) is 6.54 Å². The largest absolute Gasteiger partial charge is 0.334 e. The smallest absolute Gasteiger partial charge is 0.319 e. The molecule has 0 bridgehead atoms. The molecule has 20 heavy (non-hydrogen) atoms. The van der Waals surface area contributed by atoms with Gasteiger partial charge in [0, 0.05) is 16.7 Å². The maximum Gasteiger partial charge on any atom is 0.319 e. The number of carbonyl (C=O) groups excluding carboxylic acids is 1. The highest BCUT2D eigenvalue weighted by Gasteiger charge is 2.04. The van der Waals surface area contributed by atoms with E-state index in [-0.39, 0.29) is 6.03 Å². The van der Waals surface area contributed by atoms with Crippen LogP contribution in [0.15, 0.2) is 46.9 Å². The van der Waals surface area contributed by atoms with Gasteiger partial charge in [0.15, 0.2) is 0 Å². The molecule has 0 unspecified atom stereocenters. The maximum absolute atomic E-state index is 11.9. The van der Waals surface area contributed by atoms with Crippen molar-refractivity contribution in [2.45, 2.75) is 20.4 Å². The maximum atomic E-state index is 11.9. The molecular weight excluding hydrogens is 316 g/mol. The van der Waals surface area contributed by atoms with Crippen LogP contribution in [0.3, 0.4) is 0 Å². The molecule has 2 amide bonds. The van der Waals surface area contributed by atoms with E-state index in [1.165, 1.54) is 5.56 Å². The number of rotatable bonds is 3. The van der Waals surface area contributed by atoms with Crippen LogP contribution in [0.4, 0.5) is 10.5 Å². The topological polar surface area (TPSA) is 41.1 Å². The summed E-state index contributed by atoms with van der Waals surface area (Å²) in [6, 6.07) is 13.6. The van der Waals surface area contributed by atoms with Crippen molar-refractivity contribution in [3.05, 3.63) is 63.6 Å². The van der Waals surface area contributed by atoms with Gasteiger partial charge in [-0.1, -0.05) is 45.8 Å². The summed E-state index contributed by atoms with van der Waals surface area (Å²) in [6.45, 7) is 4.52. The molecule has 2 N–H and O–H groups in total. The molecule has 4 heteroatoms. The minimum Gasteiger partial charge on any atom is -0.334 e. The lowest BCUT2D eigenvalue weighted by atomic mass is 10.1.